The van der Waals surface area contributed by atoms with Gasteiger partial charge in [-0.15, -0.1) is 11.3 Å². The maximum absolute atomic E-state index is 11.7. The van der Waals surface area contributed by atoms with Crippen LogP contribution in [0, 0.1) is 6.92 Å². The molecule has 1 aromatic carbocycles. The zero-order valence-electron chi connectivity index (χ0n) is 9.98. The number of anilines is 1. The second-order valence-electron chi connectivity index (χ2n) is 3.74. The van der Waals surface area contributed by atoms with E-state index < -0.39 is 0 Å². The molecule has 1 amide bonds. The molecule has 0 spiro atoms. The number of amides is 1. The van der Waals surface area contributed by atoms with Gasteiger partial charge in [-0.25, -0.2) is 4.98 Å². The van der Waals surface area contributed by atoms with Crippen molar-refractivity contribution >= 4 is 51.7 Å². The Balaban J connectivity index is 2.06. The minimum absolute atomic E-state index is 0.259. The van der Waals surface area contributed by atoms with Gasteiger partial charge in [0.05, 0.1) is 10.0 Å². The molecular weight excluding hydrogens is 303 g/mol. The van der Waals surface area contributed by atoms with E-state index in [1.807, 2.05) is 6.92 Å². The van der Waals surface area contributed by atoms with Crippen molar-refractivity contribution in [2.45, 2.75) is 6.92 Å². The van der Waals surface area contributed by atoms with Crippen LogP contribution < -0.4 is 5.32 Å². The van der Waals surface area contributed by atoms with Crippen molar-refractivity contribution in [2.75, 3.05) is 5.32 Å². The molecule has 1 aromatic heterocycles. The quantitative estimate of drug-likeness (QED) is 0.853. The zero-order chi connectivity index (χ0) is 13.8. The lowest BCUT2D eigenvalue weighted by molar-refractivity contribution is -0.111. The number of rotatable bonds is 3. The molecule has 0 saturated carbocycles. The van der Waals surface area contributed by atoms with Gasteiger partial charge in [-0.1, -0.05) is 35.3 Å². The third-order valence-electron chi connectivity index (χ3n) is 2.25. The van der Waals surface area contributed by atoms with Gasteiger partial charge in [-0.05, 0) is 24.6 Å². The summed E-state index contributed by atoms with van der Waals surface area (Å²) in [5.74, 6) is -0.259. The Morgan fingerprint density at radius 2 is 2.21 bits per heavy atom. The first-order chi connectivity index (χ1) is 9.06. The molecule has 98 valence electrons. The molecule has 0 saturated heterocycles. The van der Waals surface area contributed by atoms with Gasteiger partial charge in [0.1, 0.15) is 0 Å². The smallest absolute Gasteiger partial charge is 0.250 e. The van der Waals surface area contributed by atoms with Crippen molar-refractivity contribution in [3.63, 3.8) is 0 Å². The summed E-state index contributed by atoms with van der Waals surface area (Å²) < 4.78 is 0. The summed E-state index contributed by atoms with van der Waals surface area (Å²) >= 11 is 13.3. The Hall–Kier alpha value is -1.36. The molecule has 0 radical (unpaired) electrons. The number of halogens is 2. The molecule has 3 nitrogen and oxygen atoms in total. The van der Waals surface area contributed by atoms with Gasteiger partial charge >= 0.3 is 0 Å². The molecule has 0 unspecified atom stereocenters. The fraction of sp³-hybridized carbons (Fsp3) is 0.0769. The third kappa shape index (κ3) is 3.80. The summed E-state index contributed by atoms with van der Waals surface area (Å²) in [7, 11) is 0. The maximum atomic E-state index is 11.7. The Morgan fingerprint density at radius 1 is 1.42 bits per heavy atom. The van der Waals surface area contributed by atoms with Gasteiger partial charge in [0.15, 0.2) is 5.13 Å². The van der Waals surface area contributed by atoms with Crippen molar-refractivity contribution in [1.82, 2.24) is 4.98 Å². The van der Waals surface area contributed by atoms with E-state index in [0.717, 1.165) is 4.88 Å². The second-order valence-corrected chi connectivity index (χ2v) is 5.76. The predicted molar refractivity (Wildman–Crippen MR) is 81.0 cm³/mol. The SMILES string of the molecule is Cc1cnc(NC(=O)/C=C/c2cccc(Cl)c2Cl)s1. The highest BCUT2D eigenvalue weighted by molar-refractivity contribution is 7.15. The third-order valence-corrected chi connectivity index (χ3v) is 3.91. The van der Waals surface area contributed by atoms with Gasteiger partial charge in [0.2, 0.25) is 5.91 Å². The molecule has 0 bridgehead atoms. The molecule has 2 rings (SSSR count). The Morgan fingerprint density at radius 3 is 2.89 bits per heavy atom. The molecule has 6 heteroatoms. The standard InChI is InChI=1S/C13H10Cl2N2OS/c1-8-7-16-13(19-8)17-11(18)6-5-9-3-2-4-10(14)12(9)15/h2-7H,1H3,(H,16,17,18)/b6-5+. The minimum atomic E-state index is -0.259. The number of aromatic nitrogens is 1. The molecule has 1 heterocycles. The summed E-state index contributed by atoms with van der Waals surface area (Å²) in [6, 6.07) is 5.25. The van der Waals surface area contributed by atoms with Crippen molar-refractivity contribution in [3.05, 3.63) is 51.0 Å². The summed E-state index contributed by atoms with van der Waals surface area (Å²) in [6.07, 6.45) is 4.72. The van der Waals surface area contributed by atoms with Crippen LogP contribution in [0.2, 0.25) is 10.0 Å². The maximum Gasteiger partial charge on any atom is 0.250 e. The van der Waals surface area contributed by atoms with Gasteiger partial charge in [0, 0.05) is 17.2 Å². The second kappa shape index (κ2) is 6.19. The predicted octanol–water partition coefficient (Wildman–Crippen LogP) is 4.41. The first-order valence-electron chi connectivity index (χ1n) is 5.42. The Labute approximate surface area is 124 Å². The molecular formula is C13H10Cl2N2OS. The van der Waals surface area contributed by atoms with Crippen LogP contribution in [-0.2, 0) is 4.79 Å². The van der Waals surface area contributed by atoms with E-state index in [9.17, 15) is 4.79 Å². The van der Waals surface area contributed by atoms with E-state index in [-0.39, 0.29) is 5.91 Å². The Kier molecular flexibility index (Phi) is 4.58. The number of nitrogens with zero attached hydrogens (tertiary/aromatic N) is 1. The molecule has 0 atom stereocenters. The lowest BCUT2D eigenvalue weighted by atomic mass is 10.2. The van der Waals surface area contributed by atoms with E-state index in [1.54, 1.807) is 30.5 Å². The highest BCUT2D eigenvalue weighted by atomic mass is 35.5. The highest BCUT2D eigenvalue weighted by Gasteiger charge is 2.04. The number of benzene rings is 1. The number of hydrogen-bond acceptors (Lipinski definition) is 3. The van der Waals surface area contributed by atoms with Crippen molar-refractivity contribution < 1.29 is 4.79 Å². The van der Waals surface area contributed by atoms with Crippen LogP contribution in [0.1, 0.15) is 10.4 Å². The minimum Gasteiger partial charge on any atom is -0.298 e. The van der Waals surface area contributed by atoms with Crippen LogP contribution in [0.15, 0.2) is 30.5 Å². The first-order valence-corrected chi connectivity index (χ1v) is 6.99. The van der Waals surface area contributed by atoms with E-state index in [0.29, 0.717) is 20.7 Å². The fourth-order valence-corrected chi connectivity index (χ4v) is 2.41. The van der Waals surface area contributed by atoms with Crippen LogP contribution in [-0.4, -0.2) is 10.9 Å². The van der Waals surface area contributed by atoms with Crippen LogP contribution in [0.4, 0.5) is 5.13 Å². The molecule has 19 heavy (non-hydrogen) atoms. The van der Waals surface area contributed by atoms with Crippen LogP contribution in [0.3, 0.4) is 0 Å². The fourth-order valence-electron chi connectivity index (χ4n) is 1.37. The summed E-state index contributed by atoms with van der Waals surface area (Å²) in [4.78, 5) is 16.8. The van der Waals surface area contributed by atoms with E-state index in [4.69, 9.17) is 23.2 Å². The van der Waals surface area contributed by atoms with Crippen LogP contribution in [0.25, 0.3) is 6.08 Å². The van der Waals surface area contributed by atoms with Gasteiger partial charge in [0.25, 0.3) is 0 Å². The highest BCUT2D eigenvalue weighted by Crippen LogP contribution is 2.26. The molecule has 1 N–H and O–H groups in total. The normalized spacial score (nSPS) is 10.9. The number of thiazole rings is 1. The lowest BCUT2D eigenvalue weighted by Crippen LogP contribution is -2.07. The topological polar surface area (TPSA) is 42.0 Å². The molecule has 0 aliphatic rings. The van der Waals surface area contributed by atoms with Crippen molar-refractivity contribution in [1.29, 1.82) is 0 Å². The molecule has 0 aliphatic carbocycles. The number of carbonyl (C=O) groups excluding carboxylic acids is 1. The largest absolute Gasteiger partial charge is 0.298 e. The molecule has 2 aromatic rings. The van der Waals surface area contributed by atoms with Crippen LogP contribution in [0.5, 0.6) is 0 Å². The summed E-state index contributed by atoms with van der Waals surface area (Å²) in [5, 5.41) is 4.13. The van der Waals surface area contributed by atoms with Gasteiger partial charge < -0.3 is 0 Å². The number of aryl methyl sites for hydroxylation is 1. The molecule has 0 fully saturated rings. The average molecular weight is 313 g/mol. The van der Waals surface area contributed by atoms with Crippen molar-refractivity contribution in [2.24, 2.45) is 0 Å². The number of carbonyl (C=O) groups is 1. The van der Waals surface area contributed by atoms with Gasteiger partial charge in [-0.3, -0.25) is 10.1 Å². The summed E-state index contributed by atoms with van der Waals surface area (Å²) in [5.41, 5.74) is 0.694. The number of nitrogens with one attached hydrogen (secondary N) is 1. The van der Waals surface area contributed by atoms with Crippen LogP contribution >= 0.6 is 34.5 Å². The van der Waals surface area contributed by atoms with Gasteiger partial charge in [-0.2, -0.15) is 0 Å². The van der Waals surface area contributed by atoms with E-state index >= 15 is 0 Å². The van der Waals surface area contributed by atoms with Crippen molar-refractivity contribution in [3.8, 4) is 0 Å². The zero-order valence-corrected chi connectivity index (χ0v) is 12.3. The number of hydrogen-bond donors (Lipinski definition) is 1. The van der Waals surface area contributed by atoms with E-state index in [2.05, 4.69) is 10.3 Å². The average Bonchev–Trinajstić information content (AvgIpc) is 2.76. The van der Waals surface area contributed by atoms with E-state index in [1.165, 1.54) is 17.4 Å². The molecule has 0 aliphatic heterocycles. The monoisotopic (exact) mass is 312 g/mol. The first kappa shape index (κ1) is 14.1. The lowest BCUT2D eigenvalue weighted by Gasteiger charge is -2.00. The summed E-state index contributed by atoms with van der Waals surface area (Å²) in [6.45, 7) is 1.93. The Bertz CT molecular complexity index is 637.